The molecule has 4 rings (SSSR count). The molecule has 1 saturated heterocycles. The predicted octanol–water partition coefficient (Wildman–Crippen LogP) is 2.41. The maximum absolute atomic E-state index is 12.7. The molecule has 3 aliphatic rings. The molecule has 110 valence electrons. The quantitative estimate of drug-likeness (QED) is 0.891. The van der Waals surface area contributed by atoms with Crippen LogP contribution in [0.15, 0.2) is 22.7 Å². The van der Waals surface area contributed by atoms with E-state index >= 15 is 0 Å². The van der Waals surface area contributed by atoms with Crippen LogP contribution in [-0.2, 0) is 16.0 Å². The van der Waals surface area contributed by atoms with Gasteiger partial charge < -0.3 is 10.0 Å². The fourth-order valence-corrected chi connectivity index (χ4v) is 4.61. The Morgan fingerprint density at radius 1 is 1.33 bits per heavy atom. The average Bonchev–Trinajstić information content (AvgIpc) is 2.85. The van der Waals surface area contributed by atoms with E-state index in [-0.39, 0.29) is 11.8 Å². The molecule has 2 fully saturated rings. The van der Waals surface area contributed by atoms with E-state index in [2.05, 4.69) is 28.1 Å². The lowest BCUT2D eigenvalue weighted by molar-refractivity contribution is -0.148. The maximum atomic E-state index is 12.7. The van der Waals surface area contributed by atoms with Crippen molar-refractivity contribution in [3.05, 3.63) is 33.8 Å². The van der Waals surface area contributed by atoms with Gasteiger partial charge in [-0.1, -0.05) is 22.0 Å². The van der Waals surface area contributed by atoms with Crippen molar-refractivity contribution < 1.29 is 14.7 Å². The average molecular weight is 350 g/mol. The zero-order valence-corrected chi connectivity index (χ0v) is 13.0. The molecule has 4 unspecified atom stereocenters. The highest BCUT2D eigenvalue weighted by molar-refractivity contribution is 9.10. The first-order chi connectivity index (χ1) is 10.1. The van der Waals surface area contributed by atoms with Gasteiger partial charge in [-0.2, -0.15) is 0 Å². The third-order valence-corrected chi connectivity index (χ3v) is 5.69. The fraction of sp³-hybridized carbons (Fsp3) is 0.500. The number of hydrogen-bond donors (Lipinski definition) is 1. The van der Waals surface area contributed by atoms with Gasteiger partial charge in [0.25, 0.3) is 0 Å². The van der Waals surface area contributed by atoms with Crippen LogP contribution in [0.5, 0.6) is 0 Å². The highest BCUT2D eigenvalue weighted by Crippen LogP contribution is 2.62. The van der Waals surface area contributed by atoms with Crippen LogP contribution >= 0.6 is 15.9 Å². The standard InChI is InChI=1S/C16H16BrNO3/c17-9-3-4-10-8(6-9)7-11-13(10)14(11)15(19)18-5-1-2-12(18)16(20)21/h3-4,6,11-14H,1-2,5,7H2,(H,20,21). The number of hydrogen-bond acceptors (Lipinski definition) is 2. The van der Waals surface area contributed by atoms with Crippen LogP contribution in [0.25, 0.3) is 0 Å². The van der Waals surface area contributed by atoms with Crippen LogP contribution in [0.3, 0.4) is 0 Å². The van der Waals surface area contributed by atoms with Crippen LogP contribution in [0.2, 0.25) is 0 Å². The van der Waals surface area contributed by atoms with Gasteiger partial charge in [0.1, 0.15) is 6.04 Å². The van der Waals surface area contributed by atoms with Crippen molar-refractivity contribution in [3.8, 4) is 0 Å². The van der Waals surface area contributed by atoms with Crippen LogP contribution < -0.4 is 0 Å². The molecule has 1 aromatic carbocycles. The highest BCUT2D eigenvalue weighted by atomic mass is 79.9. The Labute approximate surface area is 131 Å². The summed E-state index contributed by atoms with van der Waals surface area (Å²) < 4.78 is 1.08. The van der Waals surface area contributed by atoms with Crippen molar-refractivity contribution in [2.45, 2.75) is 31.2 Å². The summed E-state index contributed by atoms with van der Waals surface area (Å²) in [7, 11) is 0. The van der Waals surface area contributed by atoms with E-state index in [0.717, 1.165) is 17.3 Å². The third kappa shape index (κ3) is 1.94. The molecule has 0 aromatic heterocycles. The number of rotatable bonds is 2. The number of carbonyl (C=O) groups is 2. The van der Waals surface area contributed by atoms with E-state index in [1.807, 2.05) is 6.07 Å². The van der Waals surface area contributed by atoms with E-state index in [4.69, 9.17) is 0 Å². The van der Waals surface area contributed by atoms with Crippen molar-refractivity contribution in [3.63, 3.8) is 0 Å². The van der Waals surface area contributed by atoms with Crippen LogP contribution in [0.4, 0.5) is 0 Å². The molecule has 4 nitrogen and oxygen atoms in total. The molecule has 1 aromatic rings. The van der Waals surface area contributed by atoms with Gasteiger partial charge in [0, 0.05) is 16.9 Å². The number of halogens is 1. The summed E-state index contributed by atoms with van der Waals surface area (Å²) in [6.07, 6.45) is 2.34. The van der Waals surface area contributed by atoms with Gasteiger partial charge in [-0.15, -0.1) is 0 Å². The van der Waals surface area contributed by atoms with E-state index < -0.39 is 12.0 Å². The molecule has 21 heavy (non-hydrogen) atoms. The van der Waals surface area contributed by atoms with Crippen LogP contribution in [-0.4, -0.2) is 34.5 Å². The van der Waals surface area contributed by atoms with E-state index in [1.165, 1.54) is 11.1 Å². The molecule has 1 aliphatic heterocycles. The first kappa shape index (κ1) is 13.3. The van der Waals surface area contributed by atoms with Crippen LogP contribution in [0.1, 0.15) is 29.9 Å². The molecule has 1 heterocycles. The largest absolute Gasteiger partial charge is 0.480 e. The predicted molar refractivity (Wildman–Crippen MR) is 79.9 cm³/mol. The molecule has 1 N–H and O–H groups in total. The van der Waals surface area contributed by atoms with E-state index in [1.54, 1.807) is 4.90 Å². The summed E-state index contributed by atoms with van der Waals surface area (Å²) in [6.45, 7) is 0.596. The second-order valence-electron chi connectivity index (χ2n) is 6.29. The molecule has 0 radical (unpaired) electrons. The highest BCUT2D eigenvalue weighted by Gasteiger charge is 2.61. The van der Waals surface area contributed by atoms with Crippen molar-refractivity contribution >= 4 is 27.8 Å². The molecule has 5 heteroatoms. The van der Waals surface area contributed by atoms with Gasteiger partial charge in [0.2, 0.25) is 5.91 Å². The Hall–Kier alpha value is -1.36. The minimum Gasteiger partial charge on any atom is -0.480 e. The Morgan fingerprint density at radius 3 is 2.90 bits per heavy atom. The van der Waals surface area contributed by atoms with Gasteiger partial charge in [-0.25, -0.2) is 4.79 Å². The number of carbonyl (C=O) groups excluding carboxylic acids is 1. The molecule has 0 bridgehead atoms. The smallest absolute Gasteiger partial charge is 0.326 e. The van der Waals surface area contributed by atoms with E-state index in [9.17, 15) is 14.7 Å². The van der Waals surface area contributed by atoms with Crippen molar-refractivity contribution in [2.24, 2.45) is 11.8 Å². The number of likely N-dealkylation sites (tertiary alicyclic amines) is 1. The normalized spacial score (nSPS) is 32.7. The lowest BCUT2D eigenvalue weighted by Gasteiger charge is -2.22. The van der Waals surface area contributed by atoms with Crippen molar-refractivity contribution in [1.29, 1.82) is 0 Å². The Morgan fingerprint density at radius 2 is 2.14 bits per heavy atom. The second kappa shape index (κ2) is 4.57. The number of nitrogens with zero attached hydrogens (tertiary/aromatic N) is 1. The van der Waals surface area contributed by atoms with Crippen molar-refractivity contribution in [1.82, 2.24) is 4.90 Å². The lowest BCUT2D eigenvalue weighted by Crippen LogP contribution is -2.41. The second-order valence-corrected chi connectivity index (χ2v) is 7.21. The number of aliphatic carboxylic acids is 1. The topological polar surface area (TPSA) is 57.6 Å². The Kier molecular flexibility index (Phi) is 2.89. The van der Waals surface area contributed by atoms with Gasteiger partial charge in [0.15, 0.2) is 0 Å². The Bertz CT molecular complexity index is 644. The third-order valence-electron chi connectivity index (χ3n) is 5.19. The fourth-order valence-electron chi connectivity index (χ4n) is 4.20. The summed E-state index contributed by atoms with van der Waals surface area (Å²) in [5.41, 5.74) is 2.62. The van der Waals surface area contributed by atoms with E-state index in [0.29, 0.717) is 24.8 Å². The zero-order valence-electron chi connectivity index (χ0n) is 11.5. The minimum absolute atomic E-state index is 0.0126. The number of fused-ring (bicyclic) bond motifs is 3. The molecular formula is C16H16BrNO3. The molecule has 2 aliphatic carbocycles. The number of amides is 1. The Balaban J connectivity index is 1.54. The van der Waals surface area contributed by atoms with Gasteiger partial charge in [0.05, 0.1) is 0 Å². The van der Waals surface area contributed by atoms with Crippen LogP contribution in [0, 0.1) is 11.8 Å². The number of benzene rings is 1. The van der Waals surface area contributed by atoms with Crippen molar-refractivity contribution in [2.75, 3.05) is 6.54 Å². The molecular weight excluding hydrogens is 334 g/mol. The number of carboxylic acid groups (broad SMARTS) is 1. The molecule has 4 atom stereocenters. The lowest BCUT2D eigenvalue weighted by atomic mass is 10.0. The van der Waals surface area contributed by atoms with Gasteiger partial charge in [-0.3, -0.25) is 4.79 Å². The summed E-state index contributed by atoms with van der Waals surface area (Å²) in [6, 6.07) is 5.66. The molecule has 0 spiro atoms. The van der Waals surface area contributed by atoms with Gasteiger partial charge >= 0.3 is 5.97 Å². The monoisotopic (exact) mass is 349 g/mol. The number of carboxylic acids is 1. The zero-order chi connectivity index (χ0) is 14.7. The summed E-state index contributed by atoms with van der Waals surface area (Å²) >= 11 is 3.48. The summed E-state index contributed by atoms with van der Waals surface area (Å²) in [4.78, 5) is 25.5. The summed E-state index contributed by atoms with van der Waals surface area (Å²) in [5.74, 6) is -0.0921. The van der Waals surface area contributed by atoms with Gasteiger partial charge in [-0.05, 0) is 54.4 Å². The molecule has 1 amide bonds. The maximum Gasteiger partial charge on any atom is 0.326 e. The SMILES string of the molecule is O=C(O)C1CCCN1C(=O)C1C2Cc3cc(Br)ccc3C21. The minimum atomic E-state index is -0.865. The first-order valence-electron chi connectivity index (χ1n) is 7.39. The first-order valence-corrected chi connectivity index (χ1v) is 8.19. The molecule has 1 saturated carbocycles. The summed E-state index contributed by atoms with van der Waals surface area (Å²) in [5, 5.41) is 9.23.